The lowest BCUT2D eigenvalue weighted by Gasteiger charge is -2.07. The van der Waals surface area contributed by atoms with Crippen LogP contribution in [0.15, 0.2) is 12.4 Å². The van der Waals surface area contributed by atoms with E-state index in [4.69, 9.17) is 15.5 Å². The number of aryl methyl sites for hydroxylation is 1. The van der Waals surface area contributed by atoms with Gasteiger partial charge >= 0.3 is 18.1 Å². The number of rotatable bonds is 8. The summed E-state index contributed by atoms with van der Waals surface area (Å²) in [6.45, 7) is 1.62. The smallest absolute Gasteiger partial charge is 0.383 e. The highest BCUT2D eigenvalue weighted by atomic mass is 32.2. The van der Waals surface area contributed by atoms with Gasteiger partial charge in [0.25, 0.3) is 0 Å². The molecule has 5 N–H and O–H groups in total. The first kappa shape index (κ1) is 19.4. The van der Waals surface area contributed by atoms with E-state index in [1.54, 1.807) is 19.3 Å². The minimum Gasteiger partial charge on any atom is -0.383 e. The topological polar surface area (TPSA) is 195 Å². The van der Waals surface area contributed by atoms with Gasteiger partial charge in [0.1, 0.15) is 11.6 Å². The van der Waals surface area contributed by atoms with Crippen molar-refractivity contribution in [3.05, 3.63) is 29.5 Å². The van der Waals surface area contributed by atoms with Crippen LogP contribution in [0.2, 0.25) is 0 Å². The number of nitrogen functional groups attached to an aromatic ring is 1. The zero-order chi connectivity index (χ0) is 18.7. The van der Waals surface area contributed by atoms with Crippen molar-refractivity contribution < 1.29 is 27.0 Å². The summed E-state index contributed by atoms with van der Waals surface area (Å²) in [4.78, 5) is 25.2. The molecule has 0 bridgehead atoms. The van der Waals surface area contributed by atoms with Crippen LogP contribution in [0.3, 0.4) is 0 Å². The first-order chi connectivity index (χ1) is 11.5. The summed E-state index contributed by atoms with van der Waals surface area (Å²) in [5.74, 6) is 0.866. The zero-order valence-electron chi connectivity index (χ0n) is 13.0. The van der Waals surface area contributed by atoms with Gasteiger partial charge in [-0.25, -0.2) is 19.2 Å². The molecule has 13 nitrogen and oxygen atoms in total. The third kappa shape index (κ3) is 6.45. The van der Waals surface area contributed by atoms with Gasteiger partial charge in [0.2, 0.25) is 0 Å². The van der Waals surface area contributed by atoms with Crippen LogP contribution in [0, 0.1) is 6.92 Å². The fourth-order valence-electron chi connectivity index (χ4n) is 1.77. The van der Waals surface area contributed by atoms with Gasteiger partial charge in [-0.15, -0.1) is 5.10 Å². The zero-order valence-corrected chi connectivity index (χ0v) is 14.7. The van der Waals surface area contributed by atoms with E-state index >= 15 is 0 Å². The Hall–Kier alpha value is -1.96. The summed E-state index contributed by atoms with van der Waals surface area (Å²) >= 11 is 0. The van der Waals surface area contributed by atoms with Crippen molar-refractivity contribution in [2.45, 2.75) is 19.9 Å². The van der Waals surface area contributed by atoms with E-state index in [0.717, 1.165) is 4.49 Å². The van der Waals surface area contributed by atoms with Crippen LogP contribution in [0.25, 0.3) is 0 Å². The Morgan fingerprint density at radius 3 is 2.80 bits per heavy atom. The molecule has 0 spiro atoms. The quantitative estimate of drug-likeness (QED) is 0.381. The summed E-state index contributed by atoms with van der Waals surface area (Å²) < 4.78 is 40.0. The molecule has 138 valence electrons. The van der Waals surface area contributed by atoms with Crippen LogP contribution in [0.4, 0.5) is 5.82 Å². The lowest BCUT2D eigenvalue weighted by molar-refractivity contribution is 0.311. The second-order valence-electron chi connectivity index (χ2n) is 4.90. The molecule has 2 heterocycles. The van der Waals surface area contributed by atoms with Gasteiger partial charge < -0.3 is 15.5 Å². The molecular formula is C10H16N7O6PS. The second kappa shape index (κ2) is 7.51. The minimum absolute atomic E-state index is 0.0575. The lowest BCUT2D eigenvalue weighted by atomic mass is 10.3. The highest BCUT2D eigenvalue weighted by Crippen LogP contribution is 2.29. The average Bonchev–Trinajstić information content (AvgIpc) is 2.86. The van der Waals surface area contributed by atoms with Crippen LogP contribution in [0.5, 0.6) is 0 Å². The second-order valence-corrected chi connectivity index (χ2v) is 7.86. The molecule has 0 aliphatic rings. The van der Waals surface area contributed by atoms with E-state index in [0.29, 0.717) is 22.9 Å². The SMILES string of the molecule is Cc1ncc(Cn2cc(CCOS(=O)(=O)NP(=O)(O)O)nn2)c(N)n1. The maximum Gasteiger partial charge on any atom is 0.415 e. The molecular weight excluding hydrogens is 377 g/mol. The number of hydrogen-bond donors (Lipinski definition) is 4. The predicted octanol–water partition coefficient (Wildman–Crippen LogP) is -1.51. The van der Waals surface area contributed by atoms with Crippen LogP contribution in [-0.4, -0.2) is 49.8 Å². The minimum atomic E-state index is -4.96. The normalized spacial score (nSPS) is 12.4. The summed E-state index contributed by atoms with van der Waals surface area (Å²) in [6, 6.07) is 0. The van der Waals surface area contributed by atoms with Gasteiger partial charge in [-0.2, -0.15) is 8.42 Å². The summed E-state index contributed by atoms with van der Waals surface area (Å²) in [6.07, 6.45) is 3.18. The third-order valence-corrected chi connectivity index (χ3v) is 5.09. The molecule has 0 saturated carbocycles. The fraction of sp³-hybridized carbons (Fsp3) is 0.400. The van der Waals surface area contributed by atoms with Gasteiger partial charge in [-0.1, -0.05) is 9.71 Å². The summed E-state index contributed by atoms with van der Waals surface area (Å²) in [5.41, 5.74) is 6.84. The van der Waals surface area contributed by atoms with Crippen LogP contribution in [0.1, 0.15) is 17.1 Å². The molecule has 15 heteroatoms. The molecule has 2 aromatic heterocycles. The summed E-state index contributed by atoms with van der Waals surface area (Å²) in [5, 5.41) is 7.70. The fourth-order valence-corrected chi connectivity index (χ4v) is 3.45. The molecule has 25 heavy (non-hydrogen) atoms. The van der Waals surface area contributed by atoms with Crippen molar-refractivity contribution in [2.75, 3.05) is 12.3 Å². The predicted molar refractivity (Wildman–Crippen MR) is 84.1 cm³/mol. The van der Waals surface area contributed by atoms with Crippen LogP contribution >= 0.6 is 7.75 Å². The van der Waals surface area contributed by atoms with Crippen molar-refractivity contribution >= 4 is 23.9 Å². The van der Waals surface area contributed by atoms with E-state index < -0.39 is 18.1 Å². The number of aromatic nitrogens is 5. The molecule has 0 amide bonds. The molecule has 0 radical (unpaired) electrons. The maximum absolute atomic E-state index is 11.3. The largest absolute Gasteiger partial charge is 0.415 e. The van der Waals surface area contributed by atoms with Gasteiger partial charge in [-0.05, 0) is 6.92 Å². The number of nitrogens with zero attached hydrogens (tertiary/aromatic N) is 5. The van der Waals surface area contributed by atoms with E-state index in [1.165, 1.54) is 4.68 Å². The van der Waals surface area contributed by atoms with Gasteiger partial charge in [0.05, 0.1) is 18.8 Å². The Kier molecular flexibility index (Phi) is 5.82. The van der Waals surface area contributed by atoms with Gasteiger partial charge in [-0.3, -0.25) is 4.18 Å². The monoisotopic (exact) mass is 393 g/mol. The Balaban J connectivity index is 1.90. The van der Waals surface area contributed by atoms with Crippen molar-refractivity contribution in [2.24, 2.45) is 0 Å². The van der Waals surface area contributed by atoms with E-state index in [1.807, 2.05) is 0 Å². The Morgan fingerprint density at radius 1 is 1.44 bits per heavy atom. The number of hydrogen-bond acceptors (Lipinski definition) is 9. The molecule has 2 rings (SSSR count). The van der Waals surface area contributed by atoms with Crippen LogP contribution in [-0.2, 0) is 32.0 Å². The number of anilines is 1. The summed E-state index contributed by atoms with van der Waals surface area (Å²) in [7, 11) is -9.52. The maximum atomic E-state index is 11.3. The van der Waals surface area contributed by atoms with Gasteiger partial charge in [0, 0.05) is 24.4 Å². The Morgan fingerprint density at radius 2 is 2.16 bits per heavy atom. The van der Waals surface area contributed by atoms with E-state index in [-0.39, 0.29) is 19.6 Å². The first-order valence-electron chi connectivity index (χ1n) is 6.75. The highest BCUT2D eigenvalue weighted by molar-refractivity contribution is 7.90. The van der Waals surface area contributed by atoms with E-state index in [2.05, 4.69) is 24.5 Å². The molecule has 0 fully saturated rings. The third-order valence-electron chi connectivity index (χ3n) is 2.76. The molecule has 0 aromatic carbocycles. The highest BCUT2D eigenvalue weighted by Gasteiger charge is 2.23. The van der Waals surface area contributed by atoms with Crippen molar-refractivity contribution in [3.8, 4) is 0 Å². The van der Waals surface area contributed by atoms with Gasteiger partial charge in [0.15, 0.2) is 0 Å². The molecule has 0 saturated heterocycles. The van der Waals surface area contributed by atoms with Crippen molar-refractivity contribution in [1.82, 2.24) is 29.5 Å². The number of nitrogens with one attached hydrogen (secondary N) is 1. The molecule has 0 unspecified atom stereocenters. The number of nitrogens with two attached hydrogens (primary N) is 1. The first-order valence-corrected chi connectivity index (χ1v) is 9.77. The average molecular weight is 393 g/mol. The molecule has 0 aliphatic heterocycles. The Bertz CT molecular complexity index is 895. The van der Waals surface area contributed by atoms with Crippen molar-refractivity contribution in [3.63, 3.8) is 0 Å². The standard InChI is InChI=1S/C10H16N7O6PS/c1-7-12-4-8(10(11)13-7)5-17-6-9(14-15-17)2-3-23-25(21,22)16-24(18,19)20/h4,6H,2-3,5H2,1H3,(H2,11,12,13)(H3,16,18,19,20). The van der Waals surface area contributed by atoms with E-state index in [9.17, 15) is 13.0 Å². The Labute approximate surface area is 142 Å². The molecule has 2 aromatic rings. The lowest BCUT2D eigenvalue weighted by Crippen LogP contribution is -2.23. The van der Waals surface area contributed by atoms with Crippen molar-refractivity contribution in [1.29, 1.82) is 0 Å². The molecule has 0 aliphatic carbocycles. The molecule has 0 atom stereocenters. The van der Waals surface area contributed by atoms with Crippen LogP contribution < -0.4 is 10.2 Å².